The van der Waals surface area contributed by atoms with Crippen LogP contribution in [0.2, 0.25) is 0 Å². The molecule has 0 spiro atoms. The highest BCUT2D eigenvalue weighted by molar-refractivity contribution is 9.12. The normalized spacial score (nSPS) is 20.8. The van der Waals surface area contributed by atoms with Crippen molar-refractivity contribution in [1.82, 2.24) is 0 Å². The summed E-state index contributed by atoms with van der Waals surface area (Å²) in [6, 6.07) is 0. The molecular formula is C7H14BrClO3S. The van der Waals surface area contributed by atoms with Crippen LogP contribution >= 0.6 is 27.5 Å². The van der Waals surface area contributed by atoms with Crippen molar-refractivity contribution in [3.63, 3.8) is 0 Å². The van der Waals surface area contributed by atoms with Crippen molar-refractivity contribution in [2.75, 3.05) is 6.26 Å². The minimum atomic E-state index is -3.55. The van der Waals surface area contributed by atoms with E-state index in [1.807, 2.05) is 0 Å². The second-order valence-electron chi connectivity index (χ2n) is 4.10. The van der Waals surface area contributed by atoms with Crippen LogP contribution in [0.5, 0.6) is 0 Å². The van der Waals surface area contributed by atoms with Crippen LogP contribution < -0.4 is 0 Å². The van der Waals surface area contributed by atoms with E-state index >= 15 is 0 Å². The molecule has 0 saturated carbocycles. The SMILES string of the molecule is CC(C)(C)C(O)C(Cl)(Br)S(C)(=O)=O. The zero-order valence-corrected chi connectivity index (χ0v) is 11.2. The maximum atomic E-state index is 11.2. The lowest BCUT2D eigenvalue weighted by Crippen LogP contribution is -2.45. The van der Waals surface area contributed by atoms with E-state index in [2.05, 4.69) is 15.9 Å². The predicted molar refractivity (Wildman–Crippen MR) is 57.8 cm³/mol. The van der Waals surface area contributed by atoms with E-state index in [9.17, 15) is 13.5 Å². The summed E-state index contributed by atoms with van der Waals surface area (Å²) in [5, 5.41) is 9.69. The van der Waals surface area contributed by atoms with Crippen LogP contribution in [0.4, 0.5) is 0 Å². The summed E-state index contributed by atoms with van der Waals surface area (Å²) in [5.74, 6) is 0. The molecule has 0 aromatic carbocycles. The van der Waals surface area contributed by atoms with Crippen LogP contribution in [0.15, 0.2) is 0 Å². The fourth-order valence-electron chi connectivity index (χ4n) is 0.707. The van der Waals surface area contributed by atoms with Gasteiger partial charge >= 0.3 is 0 Å². The molecule has 13 heavy (non-hydrogen) atoms. The van der Waals surface area contributed by atoms with Gasteiger partial charge in [-0.3, -0.25) is 0 Å². The van der Waals surface area contributed by atoms with E-state index in [0.717, 1.165) is 6.26 Å². The first-order valence-corrected chi connectivity index (χ1v) is 6.72. The lowest BCUT2D eigenvalue weighted by Gasteiger charge is -2.34. The topological polar surface area (TPSA) is 54.4 Å². The second-order valence-corrected chi connectivity index (χ2v) is 9.34. The second kappa shape index (κ2) is 3.68. The molecule has 2 atom stereocenters. The van der Waals surface area contributed by atoms with Crippen LogP contribution in [-0.2, 0) is 9.84 Å². The van der Waals surface area contributed by atoms with Crippen LogP contribution in [0.1, 0.15) is 20.8 Å². The molecule has 3 nitrogen and oxygen atoms in total. The first-order chi connectivity index (χ1) is 5.40. The van der Waals surface area contributed by atoms with E-state index < -0.39 is 24.5 Å². The number of aliphatic hydroxyl groups excluding tert-OH is 1. The Morgan fingerprint density at radius 1 is 1.38 bits per heavy atom. The molecule has 0 radical (unpaired) electrons. The van der Waals surface area contributed by atoms with E-state index in [0.29, 0.717) is 0 Å². The summed E-state index contributed by atoms with van der Waals surface area (Å²) in [7, 11) is -3.55. The monoisotopic (exact) mass is 292 g/mol. The molecule has 1 N–H and O–H groups in total. The Labute approximate surface area is 92.5 Å². The van der Waals surface area contributed by atoms with Crippen molar-refractivity contribution in [3.8, 4) is 0 Å². The van der Waals surface area contributed by atoms with Crippen LogP contribution in [0.3, 0.4) is 0 Å². The Kier molecular flexibility index (Phi) is 3.87. The van der Waals surface area contributed by atoms with E-state index in [4.69, 9.17) is 11.6 Å². The number of halogens is 2. The number of alkyl halides is 2. The highest BCUT2D eigenvalue weighted by atomic mass is 79.9. The molecule has 0 saturated heterocycles. The van der Waals surface area contributed by atoms with Gasteiger partial charge in [0.1, 0.15) is 6.10 Å². The van der Waals surface area contributed by atoms with Crippen LogP contribution in [-0.4, -0.2) is 29.0 Å². The molecule has 0 aliphatic heterocycles. The van der Waals surface area contributed by atoms with Gasteiger partial charge in [0.2, 0.25) is 3.12 Å². The van der Waals surface area contributed by atoms with Gasteiger partial charge in [-0.15, -0.1) is 0 Å². The highest BCUT2D eigenvalue weighted by Crippen LogP contribution is 2.41. The summed E-state index contributed by atoms with van der Waals surface area (Å²) in [5.41, 5.74) is -0.603. The quantitative estimate of drug-likeness (QED) is 0.789. The molecule has 0 aromatic heterocycles. The third kappa shape index (κ3) is 3.08. The number of aliphatic hydroxyl groups is 1. The number of hydrogen-bond donors (Lipinski definition) is 1. The number of hydrogen-bond acceptors (Lipinski definition) is 3. The average molecular weight is 294 g/mol. The highest BCUT2D eigenvalue weighted by Gasteiger charge is 2.48. The molecule has 0 amide bonds. The molecule has 0 bridgehead atoms. The molecule has 0 aromatic rings. The predicted octanol–water partition coefficient (Wildman–Crippen LogP) is 1.73. The largest absolute Gasteiger partial charge is 0.389 e. The average Bonchev–Trinajstić information content (AvgIpc) is 1.81. The zero-order valence-electron chi connectivity index (χ0n) is 8.01. The van der Waals surface area contributed by atoms with Crippen molar-refractivity contribution in [1.29, 1.82) is 0 Å². The van der Waals surface area contributed by atoms with Gasteiger partial charge < -0.3 is 5.11 Å². The summed E-state index contributed by atoms with van der Waals surface area (Å²) >= 11 is 8.56. The van der Waals surface area contributed by atoms with Gasteiger partial charge in [-0.1, -0.05) is 32.4 Å². The van der Waals surface area contributed by atoms with Gasteiger partial charge in [-0.2, -0.15) is 0 Å². The summed E-state index contributed by atoms with van der Waals surface area (Å²) in [4.78, 5) is 0. The Bertz CT molecular complexity index is 279. The van der Waals surface area contributed by atoms with Gasteiger partial charge in [0.25, 0.3) is 0 Å². The molecular weight excluding hydrogens is 279 g/mol. The summed E-state index contributed by atoms with van der Waals surface area (Å²) < 4.78 is 20.6. The van der Waals surface area contributed by atoms with Crippen LogP contribution in [0.25, 0.3) is 0 Å². The standard InChI is InChI=1S/C7H14BrClO3S/c1-6(2,3)5(10)7(8,9)13(4,11)12/h5,10H,1-4H3. The van der Waals surface area contributed by atoms with Gasteiger partial charge in [0.15, 0.2) is 9.84 Å². The van der Waals surface area contributed by atoms with Crippen molar-refractivity contribution in [2.45, 2.75) is 30.0 Å². The first kappa shape index (κ1) is 13.7. The van der Waals surface area contributed by atoms with Gasteiger partial charge in [-0.05, 0) is 21.3 Å². The maximum Gasteiger partial charge on any atom is 0.225 e. The summed E-state index contributed by atoms with van der Waals surface area (Å²) in [6.07, 6.45) is -0.208. The molecule has 2 unspecified atom stereocenters. The van der Waals surface area contributed by atoms with E-state index in [1.54, 1.807) is 20.8 Å². The van der Waals surface area contributed by atoms with E-state index in [-0.39, 0.29) is 0 Å². The zero-order chi connectivity index (χ0) is 11.1. The van der Waals surface area contributed by atoms with E-state index in [1.165, 1.54) is 0 Å². The summed E-state index contributed by atoms with van der Waals surface area (Å²) in [6.45, 7) is 5.13. The number of sulfone groups is 1. The minimum absolute atomic E-state index is 0.603. The molecule has 0 rings (SSSR count). The van der Waals surface area contributed by atoms with Gasteiger partial charge in [-0.25, -0.2) is 8.42 Å². The molecule has 0 aliphatic carbocycles. The smallest absolute Gasteiger partial charge is 0.225 e. The van der Waals surface area contributed by atoms with Crippen LogP contribution in [0, 0.1) is 5.41 Å². The van der Waals surface area contributed by atoms with Crippen molar-refractivity contribution in [3.05, 3.63) is 0 Å². The van der Waals surface area contributed by atoms with Gasteiger partial charge in [0.05, 0.1) is 0 Å². The number of rotatable bonds is 2. The fourth-order valence-corrected chi connectivity index (χ4v) is 2.48. The first-order valence-electron chi connectivity index (χ1n) is 3.66. The minimum Gasteiger partial charge on any atom is -0.389 e. The fraction of sp³-hybridized carbons (Fsp3) is 1.00. The Hall–Kier alpha value is 0.680. The Morgan fingerprint density at radius 2 is 1.69 bits per heavy atom. The van der Waals surface area contributed by atoms with Crippen molar-refractivity contribution in [2.24, 2.45) is 5.41 Å². The molecule has 6 heteroatoms. The van der Waals surface area contributed by atoms with Crippen molar-refractivity contribution < 1.29 is 13.5 Å². The lowest BCUT2D eigenvalue weighted by molar-refractivity contribution is 0.0693. The Balaban J connectivity index is 5.09. The molecule has 0 heterocycles. The molecule has 80 valence electrons. The van der Waals surface area contributed by atoms with Gasteiger partial charge in [0, 0.05) is 6.26 Å². The molecule has 0 aliphatic rings. The Morgan fingerprint density at radius 3 is 1.77 bits per heavy atom. The molecule has 0 fully saturated rings. The van der Waals surface area contributed by atoms with Crippen molar-refractivity contribution >= 4 is 37.4 Å². The third-order valence-corrected chi connectivity index (χ3v) is 6.09. The third-order valence-electron chi connectivity index (χ3n) is 1.63. The lowest BCUT2D eigenvalue weighted by atomic mass is 9.90. The maximum absolute atomic E-state index is 11.2.